The SMILES string of the molecule is CCc1ccc(N=C2SCC(CC(=O)Nc3ccc(Cl)cc3F)N2C)cc1.Cl. The van der Waals surface area contributed by atoms with Crippen molar-refractivity contribution in [3.8, 4) is 0 Å². The highest BCUT2D eigenvalue weighted by molar-refractivity contribution is 8.14. The number of anilines is 1. The van der Waals surface area contributed by atoms with Crippen LogP contribution >= 0.6 is 35.8 Å². The fourth-order valence-electron chi connectivity index (χ4n) is 2.77. The number of benzene rings is 2. The van der Waals surface area contributed by atoms with Crippen LogP contribution in [0.1, 0.15) is 18.9 Å². The number of hydrogen-bond donors (Lipinski definition) is 1. The van der Waals surface area contributed by atoms with E-state index in [9.17, 15) is 9.18 Å². The summed E-state index contributed by atoms with van der Waals surface area (Å²) in [4.78, 5) is 19.0. The van der Waals surface area contributed by atoms with E-state index < -0.39 is 5.82 Å². The van der Waals surface area contributed by atoms with E-state index in [-0.39, 0.29) is 36.5 Å². The summed E-state index contributed by atoms with van der Waals surface area (Å²) in [6.07, 6.45) is 1.26. The predicted octanol–water partition coefficient (Wildman–Crippen LogP) is 5.53. The summed E-state index contributed by atoms with van der Waals surface area (Å²) in [5.74, 6) is -0.0104. The first kappa shape index (κ1) is 22.5. The second kappa shape index (κ2) is 10.1. The van der Waals surface area contributed by atoms with Crippen molar-refractivity contribution in [2.75, 3.05) is 18.1 Å². The molecule has 1 saturated heterocycles. The molecule has 0 spiro atoms. The minimum atomic E-state index is -0.539. The van der Waals surface area contributed by atoms with E-state index in [0.29, 0.717) is 5.02 Å². The highest BCUT2D eigenvalue weighted by Gasteiger charge is 2.29. The first-order valence-electron chi connectivity index (χ1n) is 8.74. The van der Waals surface area contributed by atoms with Gasteiger partial charge >= 0.3 is 0 Å². The number of amides is 1. The van der Waals surface area contributed by atoms with Gasteiger partial charge in [-0.3, -0.25) is 4.79 Å². The molecule has 1 amide bonds. The lowest BCUT2D eigenvalue weighted by atomic mass is 10.1. The van der Waals surface area contributed by atoms with Crippen LogP contribution < -0.4 is 5.32 Å². The largest absolute Gasteiger partial charge is 0.350 e. The third-order valence-corrected chi connectivity index (χ3v) is 5.87. The number of carbonyl (C=O) groups excluding carboxylic acids is 1. The zero-order valence-corrected chi connectivity index (χ0v) is 18.0. The lowest BCUT2D eigenvalue weighted by Crippen LogP contribution is -2.33. The van der Waals surface area contributed by atoms with E-state index in [1.165, 1.54) is 17.7 Å². The van der Waals surface area contributed by atoms with Gasteiger partial charge in [-0.1, -0.05) is 42.4 Å². The van der Waals surface area contributed by atoms with Crippen LogP contribution in [-0.2, 0) is 11.2 Å². The minimum Gasteiger partial charge on any atom is -0.350 e. The summed E-state index contributed by atoms with van der Waals surface area (Å²) in [6.45, 7) is 2.12. The first-order chi connectivity index (χ1) is 13.0. The van der Waals surface area contributed by atoms with Crippen LogP contribution in [0, 0.1) is 5.82 Å². The van der Waals surface area contributed by atoms with Crippen LogP contribution in [0.4, 0.5) is 15.8 Å². The average Bonchev–Trinajstić information content (AvgIpc) is 2.98. The number of rotatable bonds is 5. The van der Waals surface area contributed by atoms with Gasteiger partial charge in [0.2, 0.25) is 5.91 Å². The summed E-state index contributed by atoms with van der Waals surface area (Å²) in [7, 11) is 1.93. The van der Waals surface area contributed by atoms with Crippen molar-refractivity contribution in [2.24, 2.45) is 4.99 Å². The Labute approximate surface area is 180 Å². The Hall–Kier alpha value is -1.76. The van der Waals surface area contributed by atoms with Crippen LogP contribution in [-0.4, -0.2) is 34.8 Å². The zero-order chi connectivity index (χ0) is 19.4. The number of nitrogens with zero attached hydrogens (tertiary/aromatic N) is 2. The Balaban J connectivity index is 0.00000280. The van der Waals surface area contributed by atoms with Crippen LogP contribution in [0.15, 0.2) is 47.5 Å². The minimum absolute atomic E-state index is 0. The molecule has 4 nitrogen and oxygen atoms in total. The second-order valence-corrected chi connectivity index (χ2v) is 7.79. The van der Waals surface area contributed by atoms with Crippen molar-refractivity contribution in [3.63, 3.8) is 0 Å². The van der Waals surface area contributed by atoms with Gasteiger partial charge in [-0.2, -0.15) is 0 Å². The fourth-order valence-corrected chi connectivity index (χ4v) is 4.13. The quantitative estimate of drug-likeness (QED) is 0.663. The molecule has 1 fully saturated rings. The van der Waals surface area contributed by atoms with E-state index in [4.69, 9.17) is 11.6 Å². The number of halogens is 3. The Morgan fingerprint density at radius 2 is 2.04 bits per heavy atom. The maximum atomic E-state index is 13.8. The Kier molecular flexibility index (Phi) is 8.16. The van der Waals surface area contributed by atoms with E-state index in [0.717, 1.165) is 23.0 Å². The standard InChI is InChI=1S/C20H21ClFN3OS.ClH/c1-3-13-4-7-15(8-5-13)23-20-25(2)16(12-27-20)11-19(26)24-18-9-6-14(21)10-17(18)22;/h4-10,16H,3,11-12H2,1-2H3,(H,24,26);1H. The predicted molar refractivity (Wildman–Crippen MR) is 119 cm³/mol. The number of aryl methyl sites for hydroxylation is 1. The van der Waals surface area contributed by atoms with Crippen LogP contribution in [0.5, 0.6) is 0 Å². The van der Waals surface area contributed by atoms with Gasteiger partial charge in [0.05, 0.1) is 11.4 Å². The summed E-state index contributed by atoms with van der Waals surface area (Å²) in [5.41, 5.74) is 2.31. The summed E-state index contributed by atoms with van der Waals surface area (Å²) in [6, 6.07) is 12.4. The van der Waals surface area contributed by atoms with Crippen molar-refractivity contribution < 1.29 is 9.18 Å². The lowest BCUT2D eigenvalue weighted by Gasteiger charge is -2.20. The molecular formula is C20H22Cl2FN3OS. The van der Waals surface area contributed by atoms with Gasteiger partial charge in [-0.25, -0.2) is 9.38 Å². The van der Waals surface area contributed by atoms with Crippen molar-refractivity contribution in [1.29, 1.82) is 0 Å². The van der Waals surface area contributed by atoms with Crippen molar-refractivity contribution in [3.05, 3.63) is 58.9 Å². The molecule has 2 aromatic carbocycles. The van der Waals surface area contributed by atoms with E-state index in [1.807, 2.05) is 24.1 Å². The monoisotopic (exact) mass is 441 g/mol. The normalized spacial score (nSPS) is 17.5. The summed E-state index contributed by atoms with van der Waals surface area (Å²) in [5, 5.41) is 3.79. The second-order valence-electron chi connectivity index (χ2n) is 6.37. The summed E-state index contributed by atoms with van der Waals surface area (Å²) >= 11 is 7.36. The molecule has 150 valence electrons. The number of amidine groups is 1. The van der Waals surface area contributed by atoms with Gasteiger partial charge < -0.3 is 10.2 Å². The number of nitrogens with one attached hydrogen (secondary N) is 1. The molecule has 0 aromatic heterocycles. The molecule has 0 saturated carbocycles. The average molecular weight is 442 g/mol. The molecule has 3 rings (SSSR count). The number of hydrogen-bond acceptors (Lipinski definition) is 3. The molecule has 0 bridgehead atoms. The maximum Gasteiger partial charge on any atom is 0.226 e. The van der Waals surface area contributed by atoms with E-state index in [1.54, 1.807) is 17.8 Å². The molecule has 1 N–H and O–H groups in total. The highest BCUT2D eigenvalue weighted by atomic mass is 35.5. The molecule has 8 heteroatoms. The van der Waals surface area contributed by atoms with Gasteiger partial charge in [0.15, 0.2) is 5.17 Å². The van der Waals surface area contributed by atoms with Crippen molar-refractivity contribution in [2.45, 2.75) is 25.8 Å². The molecule has 1 aliphatic heterocycles. The van der Waals surface area contributed by atoms with E-state index >= 15 is 0 Å². The summed E-state index contributed by atoms with van der Waals surface area (Å²) < 4.78 is 13.8. The van der Waals surface area contributed by atoms with Gasteiger partial charge in [-0.15, -0.1) is 12.4 Å². The molecule has 1 atom stereocenters. The number of aliphatic imine (C=N–C) groups is 1. The Bertz CT molecular complexity index is 861. The number of thioether (sulfide) groups is 1. The topological polar surface area (TPSA) is 44.7 Å². The van der Waals surface area contributed by atoms with Gasteiger partial charge in [0, 0.05) is 30.3 Å². The van der Waals surface area contributed by atoms with Gasteiger partial charge in [0.1, 0.15) is 5.82 Å². The fraction of sp³-hybridized carbons (Fsp3) is 0.300. The third-order valence-electron chi connectivity index (χ3n) is 4.45. The third kappa shape index (κ3) is 5.63. The Morgan fingerprint density at radius 3 is 2.68 bits per heavy atom. The van der Waals surface area contributed by atoms with Crippen LogP contribution in [0.25, 0.3) is 0 Å². The Morgan fingerprint density at radius 1 is 1.32 bits per heavy atom. The van der Waals surface area contributed by atoms with Crippen molar-refractivity contribution in [1.82, 2.24) is 4.90 Å². The smallest absolute Gasteiger partial charge is 0.226 e. The molecule has 2 aromatic rings. The van der Waals surface area contributed by atoms with E-state index in [2.05, 4.69) is 29.4 Å². The van der Waals surface area contributed by atoms with Crippen molar-refractivity contribution >= 4 is 58.2 Å². The first-order valence-corrected chi connectivity index (χ1v) is 10.1. The van der Waals surface area contributed by atoms with Crippen LogP contribution in [0.2, 0.25) is 5.02 Å². The number of carbonyl (C=O) groups is 1. The van der Waals surface area contributed by atoms with Gasteiger partial charge in [-0.05, 0) is 42.3 Å². The van der Waals surface area contributed by atoms with Gasteiger partial charge in [0.25, 0.3) is 0 Å². The molecule has 0 radical (unpaired) electrons. The molecule has 0 aliphatic carbocycles. The van der Waals surface area contributed by atoms with Crippen LogP contribution in [0.3, 0.4) is 0 Å². The molecule has 1 aliphatic rings. The molecular weight excluding hydrogens is 420 g/mol. The molecule has 1 unspecified atom stereocenters. The maximum absolute atomic E-state index is 13.8. The lowest BCUT2D eigenvalue weighted by molar-refractivity contribution is -0.116. The highest BCUT2D eigenvalue weighted by Crippen LogP contribution is 2.28. The molecule has 1 heterocycles. The zero-order valence-electron chi connectivity index (χ0n) is 15.6. The molecule has 28 heavy (non-hydrogen) atoms.